The molecule has 0 saturated carbocycles. The fourth-order valence-electron chi connectivity index (χ4n) is 8.78. The Morgan fingerprint density at radius 3 is 2.36 bits per heavy atom. The lowest BCUT2D eigenvalue weighted by Gasteiger charge is -2.41. The summed E-state index contributed by atoms with van der Waals surface area (Å²) in [6.07, 6.45) is 5.18. The van der Waals surface area contributed by atoms with Crippen LogP contribution in [0.3, 0.4) is 0 Å². The second-order valence-electron chi connectivity index (χ2n) is 16.8. The van der Waals surface area contributed by atoms with E-state index in [9.17, 15) is 24.9 Å². The SMILES string of the molecule is CC(C)c1cc(C(=O)N2Cc3ccc(OC4CCN(C(=O)C5(O)CCN(Cc6cc7nc(-c8cnc(N)nc8)nc(N8CCOCC8)c7s6)CC5)CC4)cc3C2)c(O)cc1O. The molecule has 2 amide bonds. The standard InChI is InChI=1S/C44H51N9O7S/c1-26(2)33-19-34(37(55)20-36(33)54)41(56)53-23-27-3-4-31(17-28(27)24-53)60-30-5-9-52(10-6-30)42(57)44(58)7-11-50(12-8-44)25-32-18-35-38(61-32)40(51-13-15-59-16-14-51)49-39(48-35)29-21-46-43(45)47-22-29/h3-4,17-22,26,30,54-55,58H,5-16,23-25H2,1-2H3,(H2,45,46,47). The number of thiophene rings is 1. The van der Waals surface area contributed by atoms with Gasteiger partial charge in [-0.2, -0.15) is 0 Å². The molecule has 0 atom stereocenters. The zero-order valence-electron chi connectivity index (χ0n) is 34.4. The average Bonchev–Trinajstić information content (AvgIpc) is 3.88. The lowest BCUT2D eigenvalue weighted by molar-refractivity contribution is -0.158. The Morgan fingerprint density at radius 2 is 1.64 bits per heavy atom. The molecule has 4 aliphatic heterocycles. The smallest absolute Gasteiger partial charge is 0.258 e. The minimum Gasteiger partial charge on any atom is -0.508 e. The first-order valence-electron chi connectivity index (χ1n) is 21.0. The molecule has 0 bridgehead atoms. The van der Waals surface area contributed by atoms with Crippen LogP contribution >= 0.6 is 11.3 Å². The molecule has 0 radical (unpaired) electrons. The van der Waals surface area contributed by atoms with Gasteiger partial charge < -0.3 is 45.2 Å². The van der Waals surface area contributed by atoms with Gasteiger partial charge in [0.05, 0.1) is 34.6 Å². The van der Waals surface area contributed by atoms with Crippen LogP contribution in [0.5, 0.6) is 17.2 Å². The number of ether oxygens (including phenoxy) is 2. The Balaban J connectivity index is 0.781. The highest BCUT2D eigenvalue weighted by molar-refractivity contribution is 7.19. The van der Waals surface area contributed by atoms with E-state index in [1.807, 2.05) is 32.0 Å². The number of hydrogen-bond donors (Lipinski definition) is 4. The molecule has 16 nitrogen and oxygen atoms in total. The Hall–Kier alpha value is -5.62. The van der Waals surface area contributed by atoms with Gasteiger partial charge in [-0.1, -0.05) is 19.9 Å². The summed E-state index contributed by atoms with van der Waals surface area (Å²) in [4.78, 5) is 54.5. The topological polar surface area (TPSA) is 204 Å². The van der Waals surface area contributed by atoms with Gasteiger partial charge in [-0.05, 0) is 59.7 Å². The predicted molar refractivity (Wildman–Crippen MR) is 229 cm³/mol. The van der Waals surface area contributed by atoms with E-state index in [1.165, 1.54) is 6.07 Å². The third-order valence-corrected chi connectivity index (χ3v) is 13.4. The molecule has 0 aliphatic carbocycles. The van der Waals surface area contributed by atoms with Crippen molar-refractivity contribution in [3.63, 3.8) is 0 Å². The van der Waals surface area contributed by atoms with Crippen molar-refractivity contribution >= 4 is 45.1 Å². The molecule has 2 aromatic carbocycles. The summed E-state index contributed by atoms with van der Waals surface area (Å²) >= 11 is 1.67. The zero-order chi connectivity index (χ0) is 42.4. The first-order valence-corrected chi connectivity index (χ1v) is 21.8. The van der Waals surface area contributed by atoms with Crippen LogP contribution in [-0.2, 0) is 29.2 Å². The number of nitrogen functional groups attached to an aromatic ring is 1. The average molecular weight is 850 g/mol. The maximum atomic E-state index is 13.8. The van der Waals surface area contributed by atoms with Crippen LogP contribution in [0.4, 0.5) is 11.8 Å². The van der Waals surface area contributed by atoms with Crippen molar-refractivity contribution < 1.29 is 34.4 Å². The lowest BCUT2D eigenvalue weighted by Crippen LogP contribution is -2.56. The van der Waals surface area contributed by atoms with Crippen molar-refractivity contribution in [2.24, 2.45) is 0 Å². The zero-order valence-corrected chi connectivity index (χ0v) is 35.2. The molecule has 3 fully saturated rings. The minimum atomic E-state index is -1.41. The molecule has 0 spiro atoms. The largest absolute Gasteiger partial charge is 0.508 e. The molecule has 61 heavy (non-hydrogen) atoms. The number of piperidine rings is 2. The monoisotopic (exact) mass is 849 g/mol. The molecule has 320 valence electrons. The highest BCUT2D eigenvalue weighted by atomic mass is 32.1. The van der Waals surface area contributed by atoms with Gasteiger partial charge in [0.15, 0.2) is 11.6 Å². The molecule has 9 rings (SSSR count). The maximum Gasteiger partial charge on any atom is 0.258 e. The van der Waals surface area contributed by atoms with Crippen LogP contribution in [0.25, 0.3) is 21.6 Å². The number of aromatic hydroxyl groups is 2. The summed E-state index contributed by atoms with van der Waals surface area (Å²) in [5, 5.41) is 32.4. The van der Waals surface area contributed by atoms with Crippen LogP contribution in [0.1, 0.15) is 77.4 Å². The number of aliphatic hydroxyl groups is 1. The first-order chi connectivity index (χ1) is 29.4. The number of nitrogens with two attached hydrogens (primary N) is 1. The molecule has 5 aromatic rings. The Kier molecular flexibility index (Phi) is 11.1. The number of likely N-dealkylation sites (tertiary alicyclic amines) is 2. The van der Waals surface area contributed by atoms with E-state index in [0.29, 0.717) is 107 Å². The first kappa shape index (κ1) is 40.8. The van der Waals surface area contributed by atoms with Crippen molar-refractivity contribution in [2.45, 2.75) is 76.8 Å². The Morgan fingerprint density at radius 1 is 0.918 bits per heavy atom. The number of morpholine rings is 1. The predicted octanol–water partition coefficient (Wildman–Crippen LogP) is 4.65. The number of carbonyl (C=O) groups is 2. The van der Waals surface area contributed by atoms with Crippen LogP contribution in [0.2, 0.25) is 0 Å². The summed E-state index contributed by atoms with van der Waals surface area (Å²) < 4.78 is 13.0. The number of benzene rings is 2. The van der Waals surface area contributed by atoms with Crippen molar-refractivity contribution in [3.8, 4) is 28.6 Å². The third kappa shape index (κ3) is 8.39. The summed E-state index contributed by atoms with van der Waals surface area (Å²) in [6.45, 7) is 10.2. The van der Waals surface area contributed by atoms with E-state index in [2.05, 4.69) is 25.8 Å². The second kappa shape index (κ2) is 16.7. The van der Waals surface area contributed by atoms with E-state index in [1.54, 1.807) is 39.6 Å². The molecular formula is C44H51N9O7S. The van der Waals surface area contributed by atoms with Gasteiger partial charge >= 0.3 is 0 Å². The number of carbonyl (C=O) groups excluding carboxylic acids is 2. The van der Waals surface area contributed by atoms with Gasteiger partial charge in [0.1, 0.15) is 29.0 Å². The van der Waals surface area contributed by atoms with Crippen LogP contribution in [-0.4, -0.2) is 126 Å². The van der Waals surface area contributed by atoms with E-state index in [0.717, 1.165) is 45.1 Å². The molecule has 3 saturated heterocycles. The van der Waals surface area contributed by atoms with E-state index < -0.39 is 5.60 Å². The second-order valence-corrected chi connectivity index (χ2v) is 18.0. The summed E-state index contributed by atoms with van der Waals surface area (Å²) in [5.41, 5.74) is 8.63. The number of fused-ring (bicyclic) bond motifs is 2. The van der Waals surface area contributed by atoms with E-state index >= 15 is 0 Å². The van der Waals surface area contributed by atoms with E-state index in [4.69, 9.17) is 25.2 Å². The highest BCUT2D eigenvalue weighted by Gasteiger charge is 2.43. The van der Waals surface area contributed by atoms with E-state index in [-0.39, 0.29) is 46.8 Å². The number of nitrogens with zero attached hydrogens (tertiary/aromatic N) is 8. The number of phenols is 2. The molecule has 17 heteroatoms. The third-order valence-electron chi connectivity index (χ3n) is 12.3. The molecular weight excluding hydrogens is 799 g/mol. The fraction of sp³-hybridized carbons (Fsp3) is 0.455. The fourth-order valence-corrected chi connectivity index (χ4v) is 9.93. The number of rotatable bonds is 9. The molecule has 4 aliphatic rings. The van der Waals surface area contributed by atoms with Crippen molar-refractivity contribution in [2.75, 3.05) is 63.1 Å². The molecule has 3 aromatic heterocycles. The van der Waals surface area contributed by atoms with Crippen LogP contribution in [0.15, 0.2) is 48.8 Å². The number of amides is 2. The lowest BCUT2D eigenvalue weighted by atomic mass is 9.89. The van der Waals surface area contributed by atoms with Gasteiger partial charge in [0, 0.05) is 95.1 Å². The summed E-state index contributed by atoms with van der Waals surface area (Å²) in [5.74, 6) is 1.52. The minimum absolute atomic E-state index is 0.0120. The van der Waals surface area contributed by atoms with Crippen molar-refractivity contribution in [1.29, 1.82) is 0 Å². The van der Waals surface area contributed by atoms with Gasteiger partial charge in [-0.15, -0.1) is 11.3 Å². The number of anilines is 2. The molecule has 7 heterocycles. The number of hydrogen-bond acceptors (Lipinski definition) is 15. The van der Waals surface area contributed by atoms with Crippen LogP contribution < -0.4 is 15.4 Å². The quantitative estimate of drug-likeness (QED) is 0.160. The number of phenolic OH excluding ortho intramolecular Hbond substituents is 2. The van der Waals surface area contributed by atoms with Crippen molar-refractivity contribution in [1.82, 2.24) is 34.6 Å². The summed E-state index contributed by atoms with van der Waals surface area (Å²) in [7, 11) is 0. The molecule has 0 unspecified atom stereocenters. The normalized spacial score (nSPS) is 18.5. The van der Waals surface area contributed by atoms with Gasteiger partial charge in [0.2, 0.25) is 5.95 Å². The number of aromatic nitrogens is 4. The van der Waals surface area contributed by atoms with Gasteiger partial charge in [-0.3, -0.25) is 14.5 Å². The Labute approximate surface area is 357 Å². The Bertz CT molecular complexity index is 2440. The van der Waals surface area contributed by atoms with Crippen LogP contribution in [0, 0.1) is 0 Å². The highest BCUT2D eigenvalue weighted by Crippen LogP contribution is 2.38. The van der Waals surface area contributed by atoms with Gasteiger partial charge in [-0.25, -0.2) is 19.9 Å². The molecule has 5 N–H and O–H groups in total. The summed E-state index contributed by atoms with van der Waals surface area (Å²) in [6, 6.07) is 10.8. The van der Waals surface area contributed by atoms with Gasteiger partial charge in [0.25, 0.3) is 11.8 Å². The van der Waals surface area contributed by atoms with Crippen molar-refractivity contribution in [3.05, 3.63) is 75.9 Å². The maximum absolute atomic E-state index is 13.8.